The number of ether oxygens (including phenoxy) is 1. The molecular weight excluding hydrogens is 204 g/mol. The number of nitrogens with two attached hydrogens (primary N) is 1. The number of hydrogen-bond donors (Lipinski definition) is 1. The van der Waals surface area contributed by atoms with Crippen LogP contribution in [0.5, 0.6) is 0 Å². The summed E-state index contributed by atoms with van der Waals surface area (Å²) in [6.45, 7) is 8.11. The van der Waals surface area contributed by atoms with E-state index in [2.05, 4.69) is 0 Å². The highest BCUT2D eigenvalue weighted by atomic mass is 16.6. The molecule has 0 radical (unpaired) electrons. The SMILES string of the molecule is CC(C)(C)OC(=O)N1CC[C@]2(C[C@H]2CN)C1. The maximum absolute atomic E-state index is 11.8. The molecule has 2 rings (SSSR count). The van der Waals surface area contributed by atoms with E-state index in [9.17, 15) is 4.79 Å². The highest BCUT2D eigenvalue weighted by molar-refractivity contribution is 5.68. The molecule has 1 heterocycles. The molecule has 0 bridgehead atoms. The Bertz CT molecular complexity index is 298. The maximum Gasteiger partial charge on any atom is 0.410 e. The zero-order chi connectivity index (χ0) is 12.0. The Hall–Kier alpha value is -0.770. The second-order valence-corrected chi connectivity index (χ2v) is 6.15. The van der Waals surface area contributed by atoms with E-state index < -0.39 is 5.60 Å². The molecule has 1 aliphatic heterocycles. The fourth-order valence-corrected chi connectivity index (χ4v) is 2.64. The van der Waals surface area contributed by atoms with Crippen LogP contribution < -0.4 is 5.73 Å². The van der Waals surface area contributed by atoms with Crippen LogP contribution in [0.15, 0.2) is 0 Å². The van der Waals surface area contributed by atoms with Gasteiger partial charge in [0.15, 0.2) is 0 Å². The Labute approximate surface area is 97.1 Å². The third kappa shape index (κ3) is 2.17. The Morgan fingerprint density at radius 2 is 2.25 bits per heavy atom. The van der Waals surface area contributed by atoms with Crippen LogP contribution in [-0.4, -0.2) is 36.2 Å². The topological polar surface area (TPSA) is 55.6 Å². The largest absolute Gasteiger partial charge is 0.444 e. The van der Waals surface area contributed by atoms with E-state index in [-0.39, 0.29) is 6.09 Å². The first-order chi connectivity index (χ1) is 7.36. The van der Waals surface area contributed by atoms with E-state index in [0.29, 0.717) is 11.3 Å². The van der Waals surface area contributed by atoms with Gasteiger partial charge in [-0.05, 0) is 51.5 Å². The van der Waals surface area contributed by atoms with Crippen molar-refractivity contribution in [1.29, 1.82) is 0 Å². The third-order valence-corrected chi connectivity index (χ3v) is 3.68. The number of carbonyl (C=O) groups excluding carboxylic acids is 1. The Morgan fingerprint density at radius 1 is 1.56 bits per heavy atom. The number of likely N-dealkylation sites (tertiary alicyclic amines) is 1. The minimum absolute atomic E-state index is 0.174. The monoisotopic (exact) mass is 226 g/mol. The van der Waals surface area contributed by atoms with Crippen LogP contribution >= 0.6 is 0 Å². The smallest absolute Gasteiger partial charge is 0.410 e. The summed E-state index contributed by atoms with van der Waals surface area (Å²) in [7, 11) is 0. The minimum Gasteiger partial charge on any atom is -0.444 e. The van der Waals surface area contributed by atoms with Crippen molar-refractivity contribution in [3.8, 4) is 0 Å². The summed E-state index contributed by atoms with van der Waals surface area (Å²) in [6, 6.07) is 0. The first kappa shape index (κ1) is 11.7. The molecule has 1 amide bonds. The van der Waals surface area contributed by atoms with Crippen molar-refractivity contribution < 1.29 is 9.53 Å². The van der Waals surface area contributed by atoms with E-state index in [1.807, 2.05) is 25.7 Å². The van der Waals surface area contributed by atoms with Crippen LogP contribution in [0.1, 0.15) is 33.6 Å². The van der Waals surface area contributed by atoms with Gasteiger partial charge in [-0.25, -0.2) is 4.79 Å². The lowest BCUT2D eigenvalue weighted by Gasteiger charge is -2.24. The lowest BCUT2D eigenvalue weighted by Crippen LogP contribution is -2.35. The van der Waals surface area contributed by atoms with Crippen LogP contribution in [0.4, 0.5) is 4.79 Å². The normalized spacial score (nSPS) is 33.2. The van der Waals surface area contributed by atoms with Crippen molar-refractivity contribution in [3.05, 3.63) is 0 Å². The van der Waals surface area contributed by atoms with Crippen molar-refractivity contribution in [1.82, 2.24) is 4.90 Å². The fourth-order valence-electron chi connectivity index (χ4n) is 2.64. The summed E-state index contributed by atoms with van der Waals surface area (Å²) in [5.74, 6) is 0.625. The summed E-state index contributed by atoms with van der Waals surface area (Å²) in [5.41, 5.74) is 5.62. The van der Waals surface area contributed by atoms with Gasteiger partial charge in [-0.15, -0.1) is 0 Å². The first-order valence-electron chi connectivity index (χ1n) is 6.04. The molecule has 4 heteroatoms. The molecule has 0 unspecified atom stereocenters. The quantitative estimate of drug-likeness (QED) is 0.738. The molecule has 1 saturated heterocycles. The first-order valence-corrected chi connectivity index (χ1v) is 6.04. The summed E-state index contributed by atoms with van der Waals surface area (Å²) in [6.07, 6.45) is 2.10. The molecular formula is C12H22N2O2. The molecule has 2 N–H and O–H groups in total. The second-order valence-electron chi connectivity index (χ2n) is 6.15. The van der Waals surface area contributed by atoms with Gasteiger partial charge in [0.25, 0.3) is 0 Å². The Balaban J connectivity index is 1.88. The van der Waals surface area contributed by atoms with Gasteiger partial charge >= 0.3 is 6.09 Å². The van der Waals surface area contributed by atoms with Gasteiger partial charge in [-0.2, -0.15) is 0 Å². The van der Waals surface area contributed by atoms with Crippen LogP contribution in [0.3, 0.4) is 0 Å². The molecule has 2 atom stereocenters. The van der Waals surface area contributed by atoms with E-state index in [1.165, 1.54) is 6.42 Å². The lowest BCUT2D eigenvalue weighted by atomic mass is 10.0. The predicted octanol–water partition coefficient (Wildman–Crippen LogP) is 1.59. The number of hydrogen-bond acceptors (Lipinski definition) is 3. The lowest BCUT2D eigenvalue weighted by molar-refractivity contribution is 0.0284. The Kier molecular flexibility index (Phi) is 2.65. The zero-order valence-electron chi connectivity index (χ0n) is 10.5. The average molecular weight is 226 g/mol. The number of carbonyl (C=O) groups is 1. The van der Waals surface area contributed by atoms with Crippen molar-refractivity contribution in [3.63, 3.8) is 0 Å². The van der Waals surface area contributed by atoms with Crippen LogP contribution in [0, 0.1) is 11.3 Å². The zero-order valence-corrected chi connectivity index (χ0v) is 10.5. The molecule has 0 aromatic carbocycles. The van der Waals surface area contributed by atoms with Gasteiger partial charge in [-0.3, -0.25) is 0 Å². The molecule has 0 aromatic rings. The van der Waals surface area contributed by atoms with E-state index in [4.69, 9.17) is 10.5 Å². The number of nitrogens with zero attached hydrogens (tertiary/aromatic N) is 1. The highest BCUT2D eigenvalue weighted by Crippen LogP contribution is 2.57. The summed E-state index contributed by atoms with van der Waals surface area (Å²) in [4.78, 5) is 13.7. The third-order valence-electron chi connectivity index (χ3n) is 3.68. The van der Waals surface area contributed by atoms with Gasteiger partial charge in [0.2, 0.25) is 0 Å². The van der Waals surface area contributed by atoms with Gasteiger partial charge in [0.1, 0.15) is 5.60 Å². The number of amides is 1. The molecule has 0 aromatic heterocycles. The van der Waals surface area contributed by atoms with Gasteiger partial charge < -0.3 is 15.4 Å². The van der Waals surface area contributed by atoms with E-state index in [1.54, 1.807) is 0 Å². The highest BCUT2D eigenvalue weighted by Gasteiger charge is 2.57. The molecule has 1 saturated carbocycles. The summed E-state index contributed by atoms with van der Waals surface area (Å²) in [5, 5.41) is 0. The molecule has 1 spiro atoms. The van der Waals surface area contributed by atoms with Gasteiger partial charge in [0, 0.05) is 13.1 Å². The molecule has 4 nitrogen and oxygen atoms in total. The second kappa shape index (κ2) is 3.62. The van der Waals surface area contributed by atoms with Crippen LogP contribution in [0.25, 0.3) is 0 Å². The van der Waals surface area contributed by atoms with Gasteiger partial charge in [0.05, 0.1) is 0 Å². The van der Waals surface area contributed by atoms with E-state index in [0.717, 1.165) is 26.1 Å². The average Bonchev–Trinajstić information content (AvgIpc) is 2.62. The van der Waals surface area contributed by atoms with Crippen molar-refractivity contribution >= 4 is 6.09 Å². The number of rotatable bonds is 1. The Morgan fingerprint density at radius 3 is 2.75 bits per heavy atom. The summed E-state index contributed by atoms with van der Waals surface area (Å²) >= 11 is 0. The van der Waals surface area contributed by atoms with Gasteiger partial charge in [-0.1, -0.05) is 0 Å². The molecule has 1 aliphatic carbocycles. The maximum atomic E-state index is 11.8. The van der Waals surface area contributed by atoms with Crippen molar-refractivity contribution in [2.75, 3.05) is 19.6 Å². The molecule has 92 valence electrons. The standard InChI is InChI=1S/C12H22N2O2/c1-11(2,3)16-10(15)14-5-4-12(8-14)6-9(12)7-13/h9H,4-8,13H2,1-3H3/t9-,12-/m0/s1. The fraction of sp³-hybridized carbons (Fsp3) is 0.917. The molecule has 2 aliphatic rings. The molecule has 2 fully saturated rings. The van der Waals surface area contributed by atoms with Crippen molar-refractivity contribution in [2.45, 2.75) is 39.2 Å². The minimum atomic E-state index is -0.399. The van der Waals surface area contributed by atoms with Crippen LogP contribution in [-0.2, 0) is 4.74 Å². The molecule has 16 heavy (non-hydrogen) atoms. The van der Waals surface area contributed by atoms with Crippen molar-refractivity contribution in [2.24, 2.45) is 17.1 Å². The van der Waals surface area contributed by atoms with Crippen LogP contribution in [0.2, 0.25) is 0 Å². The predicted molar refractivity (Wildman–Crippen MR) is 62.0 cm³/mol. The summed E-state index contributed by atoms with van der Waals surface area (Å²) < 4.78 is 5.37. The van der Waals surface area contributed by atoms with E-state index >= 15 is 0 Å².